The molecule has 7 heteroatoms. The molecule has 2 rings (SSSR count). The predicted octanol–water partition coefficient (Wildman–Crippen LogP) is 1.45. The summed E-state index contributed by atoms with van der Waals surface area (Å²) in [5, 5.41) is 18.2. The maximum Gasteiger partial charge on any atom is 0.323 e. The van der Waals surface area contributed by atoms with Crippen LogP contribution in [0, 0.1) is 11.3 Å². The number of amides is 1. The number of rotatable bonds is 3. The fraction of sp³-hybridized carbons (Fsp3) is 0.250. The van der Waals surface area contributed by atoms with Gasteiger partial charge < -0.3 is 14.7 Å². The average Bonchev–Trinajstić information content (AvgIpc) is 2.64. The highest BCUT2D eigenvalue weighted by atomic mass is 35.5. The first-order chi connectivity index (χ1) is 9.01. The molecular weight excluding hydrogens is 272 g/mol. The molecule has 1 aromatic rings. The van der Waals surface area contributed by atoms with Crippen molar-refractivity contribution >= 4 is 23.5 Å². The van der Waals surface area contributed by atoms with Crippen molar-refractivity contribution in [2.24, 2.45) is 0 Å². The van der Waals surface area contributed by atoms with Crippen LogP contribution in [0.3, 0.4) is 0 Å². The average molecular weight is 281 g/mol. The quantitative estimate of drug-likeness (QED) is 0.905. The Balaban J connectivity index is 2.61. The summed E-state index contributed by atoms with van der Waals surface area (Å²) in [5.74, 6) is -1.49. The van der Waals surface area contributed by atoms with Gasteiger partial charge in [-0.1, -0.05) is 11.6 Å². The van der Waals surface area contributed by atoms with E-state index in [-0.39, 0.29) is 16.3 Å². The second kappa shape index (κ2) is 4.78. The molecule has 98 valence electrons. The van der Waals surface area contributed by atoms with Gasteiger partial charge in [0, 0.05) is 10.6 Å². The summed E-state index contributed by atoms with van der Waals surface area (Å²) in [6, 6.07) is 3.91. The highest BCUT2D eigenvalue weighted by Crippen LogP contribution is 2.42. The van der Waals surface area contributed by atoms with Gasteiger partial charge in [-0.25, -0.2) is 0 Å². The van der Waals surface area contributed by atoms with Crippen molar-refractivity contribution in [1.82, 2.24) is 4.90 Å². The minimum absolute atomic E-state index is 0.155. The summed E-state index contributed by atoms with van der Waals surface area (Å²) in [6.07, 6.45) is 0. The van der Waals surface area contributed by atoms with Crippen molar-refractivity contribution in [2.75, 3.05) is 13.7 Å². The molecule has 0 aliphatic carbocycles. The molecule has 1 amide bonds. The number of fused-ring (bicyclic) bond motifs is 1. The van der Waals surface area contributed by atoms with Crippen LogP contribution in [0.5, 0.6) is 5.75 Å². The van der Waals surface area contributed by atoms with Crippen molar-refractivity contribution in [3.63, 3.8) is 0 Å². The number of benzene rings is 1. The monoisotopic (exact) mass is 280 g/mol. The lowest BCUT2D eigenvalue weighted by Gasteiger charge is -2.17. The summed E-state index contributed by atoms with van der Waals surface area (Å²) in [5.41, 5.74) is 0.456. The lowest BCUT2D eigenvalue weighted by molar-refractivity contribution is -0.137. The second-order valence-corrected chi connectivity index (χ2v) is 4.30. The minimum Gasteiger partial charge on any atom is -0.496 e. The van der Waals surface area contributed by atoms with Crippen molar-refractivity contribution in [2.45, 2.75) is 6.04 Å². The highest BCUT2D eigenvalue weighted by molar-refractivity contribution is 6.32. The van der Waals surface area contributed by atoms with Crippen LogP contribution in [-0.4, -0.2) is 35.5 Å². The Morgan fingerprint density at radius 3 is 2.84 bits per heavy atom. The van der Waals surface area contributed by atoms with Gasteiger partial charge in [0.25, 0.3) is 5.91 Å². The van der Waals surface area contributed by atoms with Crippen LogP contribution in [0.4, 0.5) is 0 Å². The fourth-order valence-electron chi connectivity index (χ4n) is 2.09. The number of hydrogen-bond donors (Lipinski definition) is 1. The Bertz CT molecular complexity index is 608. The summed E-state index contributed by atoms with van der Waals surface area (Å²) in [6.45, 7) is -0.564. The molecule has 0 bridgehead atoms. The number of carboxylic acids is 1. The zero-order chi connectivity index (χ0) is 14.2. The van der Waals surface area contributed by atoms with Gasteiger partial charge in [0.2, 0.25) is 0 Å². The van der Waals surface area contributed by atoms with E-state index in [1.807, 2.05) is 6.07 Å². The van der Waals surface area contributed by atoms with Crippen molar-refractivity contribution in [1.29, 1.82) is 5.26 Å². The number of nitriles is 1. The first-order valence-electron chi connectivity index (χ1n) is 5.30. The number of carbonyl (C=O) groups is 2. The van der Waals surface area contributed by atoms with E-state index in [1.165, 1.54) is 19.2 Å². The topological polar surface area (TPSA) is 90.6 Å². The van der Waals surface area contributed by atoms with E-state index >= 15 is 0 Å². The zero-order valence-corrected chi connectivity index (χ0v) is 10.6. The number of carbonyl (C=O) groups excluding carboxylic acids is 1. The number of carboxylic acid groups (broad SMARTS) is 1. The van der Waals surface area contributed by atoms with Gasteiger partial charge in [-0.3, -0.25) is 9.59 Å². The molecule has 1 heterocycles. The third-order valence-electron chi connectivity index (χ3n) is 2.86. The van der Waals surface area contributed by atoms with Crippen molar-refractivity contribution < 1.29 is 19.4 Å². The molecule has 1 aliphatic heterocycles. The summed E-state index contributed by atoms with van der Waals surface area (Å²) in [7, 11) is 1.39. The number of halogens is 1. The highest BCUT2D eigenvalue weighted by Gasteiger charge is 2.41. The maximum atomic E-state index is 12.2. The number of methoxy groups -OCH3 is 1. The molecule has 1 aliphatic rings. The lowest BCUT2D eigenvalue weighted by atomic mass is 10.0. The zero-order valence-electron chi connectivity index (χ0n) is 9.88. The summed E-state index contributed by atoms with van der Waals surface area (Å²) in [4.78, 5) is 24.0. The van der Waals surface area contributed by atoms with Crippen molar-refractivity contribution in [3.8, 4) is 11.8 Å². The molecule has 0 aromatic heterocycles. The van der Waals surface area contributed by atoms with E-state index in [1.54, 1.807) is 0 Å². The summed E-state index contributed by atoms with van der Waals surface area (Å²) >= 11 is 6.01. The van der Waals surface area contributed by atoms with Gasteiger partial charge in [-0.2, -0.15) is 5.26 Å². The third kappa shape index (κ3) is 1.98. The van der Waals surface area contributed by atoms with E-state index in [0.717, 1.165) is 4.90 Å². The van der Waals surface area contributed by atoms with Crippen LogP contribution < -0.4 is 4.74 Å². The Hall–Kier alpha value is -2.26. The van der Waals surface area contributed by atoms with Crippen molar-refractivity contribution in [3.05, 3.63) is 28.3 Å². The Labute approximate surface area is 113 Å². The maximum absolute atomic E-state index is 12.2. The molecule has 0 saturated carbocycles. The van der Waals surface area contributed by atoms with Gasteiger partial charge in [-0.15, -0.1) is 0 Å². The molecular formula is C12H9ClN2O4. The van der Waals surface area contributed by atoms with Gasteiger partial charge in [0.05, 0.1) is 18.7 Å². The second-order valence-electron chi connectivity index (χ2n) is 3.90. The normalized spacial score (nSPS) is 17.0. The van der Waals surface area contributed by atoms with E-state index in [0.29, 0.717) is 5.56 Å². The molecule has 19 heavy (non-hydrogen) atoms. The molecule has 1 unspecified atom stereocenters. The lowest BCUT2D eigenvalue weighted by Crippen LogP contribution is -2.32. The SMILES string of the molecule is COc1ccc(Cl)c2c1C(=O)N(CC(=O)O)C2C#N. The van der Waals surface area contributed by atoms with Crippen LogP contribution in [0.25, 0.3) is 0 Å². The van der Waals surface area contributed by atoms with Crippen LogP contribution in [0.15, 0.2) is 12.1 Å². The number of aliphatic carboxylic acids is 1. The van der Waals surface area contributed by atoms with E-state index in [4.69, 9.17) is 26.7 Å². The molecule has 1 aromatic carbocycles. The van der Waals surface area contributed by atoms with Crippen LogP contribution in [0.1, 0.15) is 22.0 Å². The molecule has 0 spiro atoms. The first-order valence-corrected chi connectivity index (χ1v) is 5.67. The van der Waals surface area contributed by atoms with Gasteiger partial charge in [0.15, 0.2) is 0 Å². The molecule has 1 atom stereocenters. The Morgan fingerprint density at radius 1 is 1.63 bits per heavy atom. The Morgan fingerprint density at radius 2 is 2.32 bits per heavy atom. The smallest absolute Gasteiger partial charge is 0.323 e. The predicted molar refractivity (Wildman–Crippen MR) is 65.0 cm³/mol. The molecule has 6 nitrogen and oxygen atoms in total. The van der Waals surface area contributed by atoms with E-state index in [2.05, 4.69) is 0 Å². The largest absolute Gasteiger partial charge is 0.496 e. The van der Waals surface area contributed by atoms with E-state index in [9.17, 15) is 9.59 Å². The molecule has 0 radical (unpaired) electrons. The van der Waals surface area contributed by atoms with Gasteiger partial charge in [-0.05, 0) is 12.1 Å². The van der Waals surface area contributed by atoms with E-state index < -0.39 is 24.5 Å². The number of hydrogen-bond acceptors (Lipinski definition) is 4. The Kier molecular flexibility index (Phi) is 3.32. The number of nitrogens with zero attached hydrogens (tertiary/aromatic N) is 2. The molecule has 1 N–H and O–H groups in total. The van der Waals surface area contributed by atoms with Crippen LogP contribution in [-0.2, 0) is 4.79 Å². The fourth-order valence-corrected chi connectivity index (χ4v) is 2.35. The molecule has 0 saturated heterocycles. The number of ether oxygens (including phenoxy) is 1. The summed E-state index contributed by atoms with van der Waals surface area (Å²) < 4.78 is 5.07. The minimum atomic E-state index is -1.20. The van der Waals surface area contributed by atoms with Crippen LogP contribution >= 0.6 is 11.6 Å². The van der Waals surface area contributed by atoms with Crippen LogP contribution in [0.2, 0.25) is 5.02 Å². The van der Waals surface area contributed by atoms with Gasteiger partial charge >= 0.3 is 5.97 Å². The molecule has 0 fully saturated rings. The standard InChI is InChI=1S/C12H9ClN2O4/c1-19-8-3-2-6(13)10-7(4-14)15(5-9(16)17)12(18)11(8)10/h2-3,7H,5H2,1H3,(H,16,17). The third-order valence-corrected chi connectivity index (χ3v) is 3.19. The van der Waals surface area contributed by atoms with Gasteiger partial charge in [0.1, 0.15) is 18.3 Å². The first kappa shape index (κ1) is 13.2.